The molecular formula is C12H12N4S. The predicted octanol–water partition coefficient (Wildman–Crippen LogP) is 2.22. The van der Waals surface area contributed by atoms with Crippen molar-refractivity contribution in [1.29, 1.82) is 0 Å². The summed E-state index contributed by atoms with van der Waals surface area (Å²) in [5, 5.41) is 8.43. The molecule has 0 aliphatic rings. The minimum absolute atomic E-state index is 0.479. The van der Waals surface area contributed by atoms with Gasteiger partial charge in [-0.2, -0.15) is 0 Å². The molecule has 3 aromatic heterocycles. The molecule has 0 unspecified atom stereocenters. The molecule has 3 heterocycles. The second kappa shape index (κ2) is 3.94. The smallest absolute Gasteiger partial charge is 0.178 e. The predicted molar refractivity (Wildman–Crippen MR) is 68.9 cm³/mol. The summed E-state index contributed by atoms with van der Waals surface area (Å²) in [4.78, 5) is 2.39. The highest BCUT2D eigenvalue weighted by Gasteiger charge is 2.11. The van der Waals surface area contributed by atoms with E-state index < -0.39 is 0 Å². The molecule has 0 aliphatic carbocycles. The standard InChI is InChI=1S/C12H12N4S/c1-8-5-6-10(17-8)12-15-14-11-4-2-3-9(7-13)16(11)12/h2-6H,7,13H2,1H3. The fraction of sp³-hybridized carbons (Fsp3) is 0.167. The third-order valence-electron chi connectivity index (χ3n) is 2.68. The number of nitrogens with zero attached hydrogens (tertiary/aromatic N) is 3. The summed E-state index contributed by atoms with van der Waals surface area (Å²) < 4.78 is 2.02. The second-order valence-corrected chi connectivity index (χ2v) is 5.14. The summed E-state index contributed by atoms with van der Waals surface area (Å²) in [5.41, 5.74) is 7.62. The largest absolute Gasteiger partial charge is 0.325 e. The van der Waals surface area contributed by atoms with Gasteiger partial charge in [0.05, 0.1) is 4.88 Å². The van der Waals surface area contributed by atoms with Crippen molar-refractivity contribution in [2.45, 2.75) is 13.5 Å². The Morgan fingerprint density at radius 3 is 2.82 bits per heavy atom. The zero-order chi connectivity index (χ0) is 11.8. The molecule has 0 saturated carbocycles. The van der Waals surface area contributed by atoms with E-state index in [-0.39, 0.29) is 0 Å². The lowest BCUT2D eigenvalue weighted by Gasteiger charge is -2.03. The van der Waals surface area contributed by atoms with Gasteiger partial charge in [-0.05, 0) is 31.2 Å². The highest BCUT2D eigenvalue weighted by atomic mass is 32.1. The summed E-state index contributed by atoms with van der Waals surface area (Å²) in [6.45, 7) is 2.56. The average Bonchev–Trinajstić information content (AvgIpc) is 2.94. The average molecular weight is 244 g/mol. The number of nitrogens with two attached hydrogens (primary N) is 1. The Bertz CT molecular complexity index is 668. The van der Waals surface area contributed by atoms with Gasteiger partial charge in [0.15, 0.2) is 11.5 Å². The van der Waals surface area contributed by atoms with Crippen LogP contribution in [0, 0.1) is 6.92 Å². The summed E-state index contributed by atoms with van der Waals surface area (Å²) in [6.07, 6.45) is 0. The summed E-state index contributed by atoms with van der Waals surface area (Å²) >= 11 is 1.72. The Hall–Kier alpha value is -1.72. The Labute approximate surface area is 103 Å². The number of aryl methyl sites for hydroxylation is 1. The zero-order valence-electron chi connectivity index (χ0n) is 9.42. The summed E-state index contributed by atoms with van der Waals surface area (Å²) in [7, 11) is 0. The first kappa shape index (κ1) is 10.4. The van der Waals surface area contributed by atoms with E-state index in [2.05, 4.69) is 29.3 Å². The molecule has 0 spiro atoms. The van der Waals surface area contributed by atoms with E-state index in [9.17, 15) is 0 Å². The third-order valence-corrected chi connectivity index (χ3v) is 3.68. The number of thiophene rings is 1. The number of pyridine rings is 1. The van der Waals surface area contributed by atoms with Crippen molar-refractivity contribution in [1.82, 2.24) is 14.6 Å². The number of hydrogen-bond donors (Lipinski definition) is 1. The van der Waals surface area contributed by atoms with Crippen LogP contribution in [0.2, 0.25) is 0 Å². The number of aromatic nitrogens is 3. The van der Waals surface area contributed by atoms with E-state index in [4.69, 9.17) is 5.73 Å². The Kier molecular flexibility index (Phi) is 2.42. The summed E-state index contributed by atoms with van der Waals surface area (Å²) in [5.74, 6) is 0.874. The molecule has 0 radical (unpaired) electrons. The maximum Gasteiger partial charge on any atom is 0.178 e. The maximum atomic E-state index is 5.75. The van der Waals surface area contributed by atoms with Crippen LogP contribution < -0.4 is 5.73 Å². The molecule has 3 rings (SSSR count). The molecule has 0 atom stereocenters. The molecule has 2 N–H and O–H groups in total. The van der Waals surface area contributed by atoms with Crippen LogP contribution >= 0.6 is 11.3 Å². The van der Waals surface area contributed by atoms with Crippen LogP contribution in [0.5, 0.6) is 0 Å². The van der Waals surface area contributed by atoms with Crippen LogP contribution in [0.3, 0.4) is 0 Å². The van der Waals surface area contributed by atoms with Crippen molar-refractivity contribution in [2.75, 3.05) is 0 Å². The van der Waals surface area contributed by atoms with E-state index in [1.807, 2.05) is 22.6 Å². The van der Waals surface area contributed by atoms with E-state index in [0.717, 1.165) is 22.0 Å². The van der Waals surface area contributed by atoms with Gasteiger partial charge in [-0.15, -0.1) is 21.5 Å². The number of fused-ring (bicyclic) bond motifs is 1. The Morgan fingerprint density at radius 2 is 2.12 bits per heavy atom. The molecule has 17 heavy (non-hydrogen) atoms. The Morgan fingerprint density at radius 1 is 1.24 bits per heavy atom. The van der Waals surface area contributed by atoms with Crippen molar-refractivity contribution < 1.29 is 0 Å². The molecule has 0 fully saturated rings. The highest BCUT2D eigenvalue weighted by molar-refractivity contribution is 7.15. The lowest BCUT2D eigenvalue weighted by atomic mass is 10.3. The highest BCUT2D eigenvalue weighted by Crippen LogP contribution is 2.27. The van der Waals surface area contributed by atoms with E-state index in [1.54, 1.807) is 11.3 Å². The molecule has 0 aliphatic heterocycles. The zero-order valence-corrected chi connectivity index (χ0v) is 10.2. The van der Waals surface area contributed by atoms with Gasteiger partial charge >= 0.3 is 0 Å². The van der Waals surface area contributed by atoms with E-state index >= 15 is 0 Å². The van der Waals surface area contributed by atoms with Crippen LogP contribution in [-0.4, -0.2) is 14.6 Å². The first-order valence-corrected chi connectivity index (χ1v) is 6.21. The van der Waals surface area contributed by atoms with Crippen molar-refractivity contribution in [2.24, 2.45) is 5.73 Å². The van der Waals surface area contributed by atoms with Gasteiger partial charge in [0, 0.05) is 17.1 Å². The molecule has 0 aromatic carbocycles. The molecule has 0 bridgehead atoms. The maximum absolute atomic E-state index is 5.75. The second-order valence-electron chi connectivity index (χ2n) is 3.85. The molecule has 4 nitrogen and oxygen atoms in total. The Balaban J connectivity index is 2.30. The van der Waals surface area contributed by atoms with Crippen LogP contribution in [0.1, 0.15) is 10.6 Å². The monoisotopic (exact) mass is 244 g/mol. The minimum atomic E-state index is 0.479. The molecule has 3 aromatic rings. The van der Waals surface area contributed by atoms with Crippen LogP contribution in [-0.2, 0) is 6.54 Å². The minimum Gasteiger partial charge on any atom is -0.325 e. The number of rotatable bonds is 2. The molecule has 0 amide bonds. The van der Waals surface area contributed by atoms with Gasteiger partial charge in [-0.25, -0.2) is 0 Å². The normalized spacial score (nSPS) is 11.2. The van der Waals surface area contributed by atoms with Crippen LogP contribution in [0.25, 0.3) is 16.3 Å². The molecule has 0 saturated heterocycles. The van der Waals surface area contributed by atoms with Gasteiger partial charge in [-0.1, -0.05) is 6.07 Å². The first-order chi connectivity index (χ1) is 8.29. The summed E-state index contributed by atoms with van der Waals surface area (Å²) in [6, 6.07) is 10.1. The van der Waals surface area contributed by atoms with Gasteiger partial charge in [-0.3, -0.25) is 4.40 Å². The fourth-order valence-electron chi connectivity index (χ4n) is 1.88. The first-order valence-electron chi connectivity index (χ1n) is 5.39. The van der Waals surface area contributed by atoms with Gasteiger partial charge in [0.25, 0.3) is 0 Å². The van der Waals surface area contributed by atoms with E-state index in [1.165, 1.54) is 4.88 Å². The SMILES string of the molecule is Cc1ccc(-c2nnc3cccc(CN)n23)s1. The quantitative estimate of drug-likeness (QED) is 0.752. The van der Waals surface area contributed by atoms with Gasteiger partial charge in [0.2, 0.25) is 0 Å². The van der Waals surface area contributed by atoms with Gasteiger partial charge in [0.1, 0.15) is 0 Å². The third kappa shape index (κ3) is 1.64. The van der Waals surface area contributed by atoms with E-state index in [0.29, 0.717) is 6.54 Å². The van der Waals surface area contributed by atoms with Crippen molar-refractivity contribution in [3.05, 3.63) is 40.9 Å². The van der Waals surface area contributed by atoms with Crippen molar-refractivity contribution >= 4 is 17.0 Å². The van der Waals surface area contributed by atoms with Crippen LogP contribution in [0.4, 0.5) is 0 Å². The molecule has 86 valence electrons. The topological polar surface area (TPSA) is 56.2 Å². The lowest BCUT2D eigenvalue weighted by Crippen LogP contribution is -2.04. The van der Waals surface area contributed by atoms with Crippen LogP contribution in [0.15, 0.2) is 30.3 Å². The van der Waals surface area contributed by atoms with Crippen molar-refractivity contribution in [3.8, 4) is 10.7 Å². The van der Waals surface area contributed by atoms with Crippen molar-refractivity contribution in [3.63, 3.8) is 0 Å². The number of hydrogen-bond acceptors (Lipinski definition) is 4. The lowest BCUT2D eigenvalue weighted by molar-refractivity contribution is 0.947. The van der Waals surface area contributed by atoms with Gasteiger partial charge < -0.3 is 5.73 Å². The molecule has 5 heteroatoms. The fourth-order valence-corrected chi connectivity index (χ4v) is 2.72. The molecular weight excluding hydrogens is 232 g/mol.